The minimum atomic E-state index is -0.291. The molecule has 1 aliphatic rings. The third kappa shape index (κ3) is 3.42. The van der Waals surface area contributed by atoms with E-state index in [1.807, 2.05) is 0 Å². The van der Waals surface area contributed by atoms with Gasteiger partial charge >= 0.3 is 0 Å². The Balaban J connectivity index is 1.80. The van der Waals surface area contributed by atoms with Crippen LogP contribution in [-0.4, -0.2) is 59.1 Å². The second-order valence-electron chi connectivity index (χ2n) is 6.86. The first-order chi connectivity index (χ1) is 12.4. The van der Waals surface area contributed by atoms with Crippen LogP contribution in [0.3, 0.4) is 0 Å². The van der Waals surface area contributed by atoms with E-state index in [4.69, 9.17) is 4.52 Å². The van der Waals surface area contributed by atoms with Crippen LogP contribution in [0.4, 0.5) is 0 Å². The van der Waals surface area contributed by atoms with E-state index in [2.05, 4.69) is 5.16 Å². The average Bonchev–Trinajstić information content (AvgIpc) is 3.31. The number of aromatic nitrogens is 1. The maximum Gasteiger partial charge on any atom is 0.276 e. The second kappa shape index (κ2) is 7.19. The van der Waals surface area contributed by atoms with Crippen molar-refractivity contribution in [3.8, 4) is 17.1 Å². The Bertz CT molecular complexity index is 822. The lowest BCUT2D eigenvalue weighted by molar-refractivity contribution is 0.0724. The van der Waals surface area contributed by atoms with E-state index < -0.39 is 0 Å². The number of carbonyl (C=O) groups excluding carboxylic acids is 2. The maximum absolute atomic E-state index is 12.6. The SMILES string of the molecule is CN(C)C(=O)c1ccc(-c2cc(C(=O)N(C)C3CCCC3)no2)cc1O. The summed E-state index contributed by atoms with van der Waals surface area (Å²) in [6.07, 6.45) is 4.32. The first-order valence-electron chi connectivity index (χ1n) is 8.67. The van der Waals surface area contributed by atoms with E-state index in [9.17, 15) is 14.7 Å². The van der Waals surface area contributed by atoms with Gasteiger partial charge in [-0.3, -0.25) is 9.59 Å². The van der Waals surface area contributed by atoms with E-state index in [0.717, 1.165) is 25.7 Å². The van der Waals surface area contributed by atoms with Crippen molar-refractivity contribution in [2.75, 3.05) is 21.1 Å². The monoisotopic (exact) mass is 357 g/mol. The number of amides is 2. The molecule has 1 aromatic heterocycles. The van der Waals surface area contributed by atoms with Gasteiger partial charge in [-0.1, -0.05) is 24.1 Å². The Morgan fingerprint density at radius 2 is 1.81 bits per heavy atom. The van der Waals surface area contributed by atoms with Gasteiger partial charge in [-0.05, 0) is 25.0 Å². The highest BCUT2D eigenvalue weighted by molar-refractivity contribution is 5.97. The van der Waals surface area contributed by atoms with Crippen LogP contribution in [0.5, 0.6) is 5.75 Å². The quantitative estimate of drug-likeness (QED) is 0.909. The summed E-state index contributed by atoms with van der Waals surface area (Å²) < 4.78 is 5.28. The molecule has 1 fully saturated rings. The fourth-order valence-electron chi connectivity index (χ4n) is 3.26. The number of hydrogen-bond donors (Lipinski definition) is 1. The van der Waals surface area contributed by atoms with Gasteiger partial charge in [0.1, 0.15) is 5.75 Å². The molecule has 1 N–H and O–H groups in total. The van der Waals surface area contributed by atoms with Crippen LogP contribution in [-0.2, 0) is 0 Å². The lowest BCUT2D eigenvalue weighted by Crippen LogP contribution is -2.35. The van der Waals surface area contributed by atoms with Crippen molar-refractivity contribution >= 4 is 11.8 Å². The van der Waals surface area contributed by atoms with Crippen LogP contribution in [0, 0.1) is 0 Å². The molecule has 0 spiro atoms. The third-order valence-corrected chi connectivity index (χ3v) is 4.84. The molecule has 1 aliphatic carbocycles. The summed E-state index contributed by atoms with van der Waals surface area (Å²) in [7, 11) is 5.02. The van der Waals surface area contributed by atoms with Gasteiger partial charge < -0.3 is 19.4 Å². The normalized spacial score (nSPS) is 14.4. The Labute approximate surface area is 152 Å². The summed E-state index contributed by atoms with van der Waals surface area (Å²) in [6.45, 7) is 0. The molecule has 138 valence electrons. The molecule has 2 aromatic rings. The van der Waals surface area contributed by atoms with Crippen molar-refractivity contribution in [2.24, 2.45) is 0 Å². The molecule has 7 heteroatoms. The molecule has 7 nitrogen and oxygen atoms in total. The number of phenolic OH excluding ortho intramolecular Hbond substituents is 1. The smallest absolute Gasteiger partial charge is 0.276 e. The largest absolute Gasteiger partial charge is 0.507 e. The number of rotatable bonds is 4. The fraction of sp³-hybridized carbons (Fsp3) is 0.421. The van der Waals surface area contributed by atoms with Gasteiger partial charge in [0, 0.05) is 38.8 Å². The number of phenols is 1. The molecule has 0 aliphatic heterocycles. The third-order valence-electron chi connectivity index (χ3n) is 4.84. The molecule has 0 atom stereocenters. The van der Waals surface area contributed by atoms with E-state index in [1.165, 1.54) is 17.0 Å². The van der Waals surface area contributed by atoms with Gasteiger partial charge in [-0.25, -0.2) is 0 Å². The number of nitrogens with zero attached hydrogens (tertiary/aromatic N) is 3. The Hall–Kier alpha value is -2.83. The highest BCUT2D eigenvalue weighted by atomic mass is 16.5. The molecule has 1 heterocycles. The van der Waals surface area contributed by atoms with Gasteiger partial charge in [-0.2, -0.15) is 0 Å². The molecule has 3 rings (SSSR count). The molecule has 0 saturated heterocycles. The topological polar surface area (TPSA) is 86.9 Å². The molecule has 1 aromatic carbocycles. The summed E-state index contributed by atoms with van der Waals surface area (Å²) in [6, 6.07) is 6.44. The van der Waals surface area contributed by atoms with Crippen molar-refractivity contribution in [3.05, 3.63) is 35.5 Å². The van der Waals surface area contributed by atoms with Gasteiger partial charge in [0.25, 0.3) is 11.8 Å². The summed E-state index contributed by atoms with van der Waals surface area (Å²) in [4.78, 5) is 27.7. The molecule has 1 saturated carbocycles. The second-order valence-corrected chi connectivity index (χ2v) is 6.86. The summed E-state index contributed by atoms with van der Waals surface area (Å²) >= 11 is 0. The fourth-order valence-corrected chi connectivity index (χ4v) is 3.26. The lowest BCUT2D eigenvalue weighted by Gasteiger charge is -2.22. The van der Waals surface area contributed by atoms with Crippen LogP contribution in [0.15, 0.2) is 28.8 Å². The van der Waals surface area contributed by atoms with Gasteiger partial charge in [0.15, 0.2) is 11.5 Å². The van der Waals surface area contributed by atoms with E-state index in [0.29, 0.717) is 11.3 Å². The molecular formula is C19H23N3O4. The molecule has 0 bridgehead atoms. The lowest BCUT2D eigenvalue weighted by atomic mass is 10.1. The minimum Gasteiger partial charge on any atom is -0.507 e. The standard InChI is InChI=1S/C19H23N3O4/c1-21(2)18(24)14-9-8-12(10-16(14)23)17-11-15(20-26-17)19(25)22(3)13-6-4-5-7-13/h8-11,13,23H,4-7H2,1-3H3. The van der Waals surface area contributed by atoms with E-state index >= 15 is 0 Å². The van der Waals surface area contributed by atoms with Crippen LogP contribution in [0.2, 0.25) is 0 Å². The van der Waals surface area contributed by atoms with Crippen molar-refractivity contribution in [1.29, 1.82) is 0 Å². The first-order valence-corrected chi connectivity index (χ1v) is 8.67. The van der Waals surface area contributed by atoms with Crippen LogP contribution < -0.4 is 0 Å². The molecule has 0 radical (unpaired) electrons. The van der Waals surface area contributed by atoms with Crippen molar-refractivity contribution in [2.45, 2.75) is 31.7 Å². The molecule has 26 heavy (non-hydrogen) atoms. The van der Waals surface area contributed by atoms with E-state index in [1.54, 1.807) is 38.2 Å². The van der Waals surface area contributed by atoms with Gasteiger partial charge in [0.2, 0.25) is 0 Å². The Kier molecular flexibility index (Phi) is 4.97. The summed E-state index contributed by atoms with van der Waals surface area (Å²) in [5.74, 6) is -0.239. The number of benzene rings is 1. The van der Waals surface area contributed by atoms with Crippen molar-refractivity contribution in [3.63, 3.8) is 0 Å². The van der Waals surface area contributed by atoms with E-state index in [-0.39, 0.29) is 34.9 Å². The highest BCUT2D eigenvalue weighted by Crippen LogP contribution is 2.29. The molecular weight excluding hydrogens is 334 g/mol. The van der Waals surface area contributed by atoms with Crippen LogP contribution >= 0.6 is 0 Å². The van der Waals surface area contributed by atoms with Gasteiger partial charge in [0.05, 0.1) is 5.56 Å². The van der Waals surface area contributed by atoms with Gasteiger partial charge in [-0.15, -0.1) is 0 Å². The zero-order valence-electron chi connectivity index (χ0n) is 15.2. The average molecular weight is 357 g/mol. The van der Waals surface area contributed by atoms with Crippen molar-refractivity contribution < 1.29 is 19.2 Å². The zero-order chi connectivity index (χ0) is 18.8. The predicted molar refractivity (Wildman–Crippen MR) is 96.0 cm³/mol. The van der Waals surface area contributed by atoms with Crippen LogP contribution in [0.25, 0.3) is 11.3 Å². The zero-order valence-corrected chi connectivity index (χ0v) is 15.2. The predicted octanol–water partition coefficient (Wildman–Crippen LogP) is 2.76. The first kappa shape index (κ1) is 18.0. The minimum absolute atomic E-state index is 0.145. The molecule has 0 unspecified atom stereocenters. The van der Waals surface area contributed by atoms with Crippen LogP contribution in [0.1, 0.15) is 46.5 Å². The Morgan fingerprint density at radius 3 is 2.42 bits per heavy atom. The number of carbonyl (C=O) groups is 2. The Morgan fingerprint density at radius 1 is 1.12 bits per heavy atom. The maximum atomic E-state index is 12.6. The summed E-state index contributed by atoms with van der Waals surface area (Å²) in [5.41, 5.74) is 0.991. The van der Waals surface area contributed by atoms with Crippen molar-refractivity contribution in [1.82, 2.24) is 15.0 Å². The highest BCUT2D eigenvalue weighted by Gasteiger charge is 2.26. The number of hydrogen-bond acceptors (Lipinski definition) is 5. The molecule has 2 amide bonds. The summed E-state index contributed by atoms with van der Waals surface area (Å²) in [5, 5.41) is 14.0. The number of aromatic hydroxyl groups is 1.